The summed E-state index contributed by atoms with van der Waals surface area (Å²) >= 11 is 1.63. The lowest BCUT2D eigenvalue weighted by molar-refractivity contribution is 0.318. The van der Waals surface area contributed by atoms with Crippen LogP contribution < -0.4 is 5.73 Å². The number of aryl methyl sites for hydroxylation is 1. The summed E-state index contributed by atoms with van der Waals surface area (Å²) < 4.78 is 14.2. The van der Waals surface area contributed by atoms with Crippen LogP contribution >= 0.6 is 11.8 Å². The summed E-state index contributed by atoms with van der Waals surface area (Å²) in [5.74, 6) is 0.712. The number of hydrogen-bond donors (Lipinski definition) is 2. The number of nitrogens with two attached hydrogens (primary N) is 1. The van der Waals surface area contributed by atoms with Crippen LogP contribution in [-0.2, 0) is 11.5 Å². The molecule has 0 radical (unpaired) electrons. The van der Waals surface area contributed by atoms with Gasteiger partial charge >= 0.3 is 0 Å². The van der Waals surface area contributed by atoms with E-state index in [0.29, 0.717) is 11.3 Å². The number of rotatable bonds is 5. The third-order valence-electron chi connectivity index (χ3n) is 3.07. The molecule has 0 heterocycles. The summed E-state index contributed by atoms with van der Waals surface area (Å²) in [7, 11) is 0. The standard InChI is InChI=1S/C16H17FN2OS/c1-11-4-2-5-12(8-11)9-21-10-13-6-3-7-14(15(13)17)16(18)19-20/h2-8,20H,9-10H2,1H3,(H2,18,19). The van der Waals surface area contributed by atoms with Gasteiger partial charge in [0.15, 0.2) is 5.84 Å². The van der Waals surface area contributed by atoms with E-state index in [1.807, 2.05) is 19.1 Å². The number of hydrogen-bond acceptors (Lipinski definition) is 3. The van der Waals surface area contributed by atoms with Crippen molar-refractivity contribution >= 4 is 17.6 Å². The molecular formula is C16H17FN2OS. The van der Waals surface area contributed by atoms with Crippen molar-refractivity contribution < 1.29 is 9.60 Å². The Morgan fingerprint density at radius 2 is 2.00 bits per heavy atom. The van der Waals surface area contributed by atoms with Crippen molar-refractivity contribution in [1.29, 1.82) is 0 Å². The van der Waals surface area contributed by atoms with Crippen LogP contribution in [0.3, 0.4) is 0 Å². The number of benzene rings is 2. The zero-order chi connectivity index (χ0) is 15.2. The first-order valence-electron chi connectivity index (χ1n) is 6.50. The summed E-state index contributed by atoms with van der Waals surface area (Å²) in [6, 6.07) is 13.2. The van der Waals surface area contributed by atoms with Gasteiger partial charge in [0.25, 0.3) is 0 Å². The molecule has 0 unspecified atom stereocenters. The van der Waals surface area contributed by atoms with Crippen LogP contribution in [0.2, 0.25) is 0 Å². The number of amidine groups is 1. The number of nitrogens with zero attached hydrogens (tertiary/aromatic N) is 1. The van der Waals surface area contributed by atoms with Gasteiger partial charge in [0.05, 0.1) is 5.56 Å². The van der Waals surface area contributed by atoms with Crippen LogP contribution in [-0.4, -0.2) is 11.0 Å². The van der Waals surface area contributed by atoms with Gasteiger partial charge in [0.2, 0.25) is 0 Å². The van der Waals surface area contributed by atoms with Crippen molar-refractivity contribution in [2.75, 3.05) is 0 Å². The summed E-state index contributed by atoms with van der Waals surface area (Å²) in [5, 5.41) is 11.5. The molecule has 0 saturated carbocycles. The normalized spacial score (nSPS) is 11.6. The van der Waals surface area contributed by atoms with E-state index in [-0.39, 0.29) is 11.4 Å². The molecule has 2 aromatic carbocycles. The fourth-order valence-corrected chi connectivity index (χ4v) is 2.98. The van der Waals surface area contributed by atoms with Crippen LogP contribution in [0.25, 0.3) is 0 Å². The summed E-state index contributed by atoms with van der Waals surface area (Å²) in [5.41, 5.74) is 8.57. The highest BCUT2D eigenvalue weighted by atomic mass is 32.2. The van der Waals surface area contributed by atoms with Gasteiger partial charge in [-0.05, 0) is 24.1 Å². The van der Waals surface area contributed by atoms with Gasteiger partial charge in [-0.15, -0.1) is 0 Å². The third-order valence-corrected chi connectivity index (χ3v) is 4.12. The average molecular weight is 304 g/mol. The summed E-state index contributed by atoms with van der Waals surface area (Å²) in [6.07, 6.45) is 0. The van der Waals surface area contributed by atoms with Gasteiger partial charge < -0.3 is 10.9 Å². The van der Waals surface area contributed by atoms with Gasteiger partial charge in [-0.1, -0.05) is 47.1 Å². The molecule has 0 atom stereocenters. The third kappa shape index (κ3) is 3.98. The maximum absolute atomic E-state index is 14.2. The van der Waals surface area contributed by atoms with Crippen molar-refractivity contribution in [2.45, 2.75) is 18.4 Å². The average Bonchev–Trinajstić information content (AvgIpc) is 2.48. The van der Waals surface area contributed by atoms with E-state index < -0.39 is 5.82 Å². The Morgan fingerprint density at radius 3 is 2.71 bits per heavy atom. The zero-order valence-electron chi connectivity index (χ0n) is 11.7. The highest BCUT2D eigenvalue weighted by molar-refractivity contribution is 7.97. The Balaban J connectivity index is 2.04. The second-order valence-corrected chi connectivity index (χ2v) is 5.73. The quantitative estimate of drug-likeness (QED) is 0.383. The fourth-order valence-electron chi connectivity index (χ4n) is 2.02. The molecule has 0 spiro atoms. The van der Waals surface area contributed by atoms with Crippen molar-refractivity contribution in [3.63, 3.8) is 0 Å². The molecule has 0 aliphatic heterocycles. The molecule has 3 N–H and O–H groups in total. The van der Waals surface area contributed by atoms with Crippen molar-refractivity contribution in [3.05, 3.63) is 70.5 Å². The van der Waals surface area contributed by atoms with E-state index in [2.05, 4.69) is 17.3 Å². The first-order valence-corrected chi connectivity index (χ1v) is 7.66. The van der Waals surface area contributed by atoms with Crippen molar-refractivity contribution in [3.8, 4) is 0 Å². The number of oxime groups is 1. The van der Waals surface area contributed by atoms with E-state index in [4.69, 9.17) is 10.9 Å². The highest BCUT2D eigenvalue weighted by Gasteiger charge is 2.11. The molecule has 21 heavy (non-hydrogen) atoms. The van der Waals surface area contributed by atoms with E-state index in [1.54, 1.807) is 23.9 Å². The Labute approximate surface area is 127 Å². The topological polar surface area (TPSA) is 58.6 Å². The van der Waals surface area contributed by atoms with E-state index >= 15 is 0 Å². The van der Waals surface area contributed by atoms with E-state index in [1.165, 1.54) is 17.2 Å². The molecule has 2 aromatic rings. The van der Waals surface area contributed by atoms with Crippen LogP contribution in [0.5, 0.6) is 0 Å². The van der Waals surface area contributed by atoms with Crippen LogP contribution in [0.1, 0.15) is 22.3 Å². The molecule has 3 nitrogen and oxygen atoms in total. The molecule has 0 aliphatic rings. The Bertz CT molecular complexity index is 658. The predicted molar refractivity (Wildman–Crippen MR) is 85.1 cm³/mol. The largest absolute Gasteiger partial charge is 0.409 e. The van der Waals surface area contributed by atoms with Crippen LogP contribution in [0.15, 0.2) is 47.6 Å². The lowest BCUT2D eigenvalue weighted by Gasteiger charge is -2.07. The van der Waals surface area contributed by atoms with Gasteiger partial charge in [0, 0.05) is 11.5 Å². The monoisotopic (exact) mass is 304 g/mol. The number of thioether (sulfide) groups is 1. The number of halogens is 1. The molecule has 110 valence electrons. The molecule has 0 bridgehead atoms. The molecule has 0 aromatic heterocycles. The summed E-state index contributed by atoms with van der Waals surface area (Å²) in [4.78, 5) is 0. The summed E-state index contributed by atoms with van der Waals surface area (Å²) in [6.45, 7) is 2.05. The maximum Gasteiger partial charge on any atom is 0.173 e. The maximum atomic E-state index is 14.2. The minimum absolute atomic E-state index is 0.131. The van der Waals surface area contributed by atoms with Gasteiger partial charge in [-0.25, -0.2) is 4.39 Å². The molecule has 0 saturated heterocycles. The van der Waals surface area contributed by atoms with Crippen molar-refractivity contribution in [1.82, 2.24) is 0 Å². The smallest absolute Gasteiger partial charge is 0.173 e. The first-order chi connectivity index (χ1) is 10.1. The van der Waals surface area contributed by atoms with Gasteiger partial charge in [-0.3, -0.25) is 0 Å². The minimum Gasteiger partial charge on any atom is -0.409 e. The Hall–Kier alpha value is -2.01. The lowest BCUT2D eigenvalue weighted by atomic mass is 10.1. The Morgan fingerprint density at radius 1 is 1.24 bits per heavy atom. The molecule has 2 rings (SSSR count). The van der Waals surface area contributed by atoms with Crippen molar-refractivity contribution in [2.24, 2.45) is 10.9 Å². The molecule has 0 amide bonds. The zero-order valence-corrected chi connectivity index (χ0v) is 12.5. The van der Waals surface area contributed by atoms with Gasteiger partial charge in [-0.2, -0.15) is 11.8 Å². The molecule has 0 fully saturated rings. The second-order valence-electron chi connectivity index (χ2n) is 4.75. The SMILES string of the molecule is Cc1cccc(CSCc2cccc(/C(N)=N/O)c2F)c1. The fraction of sp³-hybridized carbons (Fsp3) is 0.188. The predicted octanol–water partition coefficient (Wildman–Crippen LogP) is 3.66. The van der Waals surface area contributed by atoms with Crippen LogP contribution in [0.4, 0.5) is 4.39 Å². The van der Waals surface area contributed by atoms with Gasteiger partial charge in [0.1, 0.15) is 5.82 Å². The second kappa shape index (κ2) is 7.13. The van der Waals surface area contributed by atoms with E-state index in [9.17, 15) is 4.39 Å². The molecular weight excluding hydrogens is 287 g/mol. The molecule has 5 heteroatoms. The first kappa shape index (κ1) is 15.4. The molecule has 0 aliphatic carbocycles. The highest BCUT2D eigenvalue weighted by Crippen LogP contribution is 2.22. The minimum atomic E-state index is -0.426. The Kier molecular flexibility index (Phi) is 5.22. The lowest BCUT2D eigenvalue weighted by Crippen LogP contribution is -2.15. The van der Waals surface area contributed by atoms with Crippen LogP contribution in [0, 0.1) is 12.7 Å². The van der Waals surface area contributed by atoms with E-state index in [0.717, 1.165) is 5.75 Å².